The first-order valence-electron chi connectivity index (χ1n) is 8.46. The van der Waals surface area contributed by atoms with Crippen molar-refractivity contribution in [1.29, 1.82) is 0 Å². The average molecular weight is 377 g/mol. The van der Waals surface area contributed by atoms with E-state index in [9.17, 15) is 4.79 Å². The predicted octanol–water partition coefficient (Wildman–Crippen LogP) is 4.76. The standard InChI is InChI=1S/C20H24N2OS.ClH/c1-14(17-12-21-13-17)20(23)22-18-10-8-16(9-11-18)15(2)24-19-6-4-3-5-7-19;/h3-11,14-15,17,21H,12-13H2,1-2H3,(H,22,23);1H. The van der Waals surface area contributed by atoms with Crippen LogP contribution in [0.2, 0.25) is 0 Å². The van der Waals surface area contributed by atoms with Crippen molar-refractivity contribution in [3.63, 3.8) is 0 Å². The van der Waals surface area contributed by atoms with E-state index in [0.717, 1.165) is 18.8 Å². The zero-order chi connectivity index (χ0) is 16.9. The van der Waals surface area contributed by atoms with Crippen LogP contribution < -0.4 is 10.6 Å². The molecule has 1 saturated heterocycles. The summed E-state index contributed by atoms with van der Waals surface area (Å²) in [5, 5.41) is 6.62. The van der Waals surface area contributed by atoms with Crippen LogP contribution in [0.15, 0.2) is 59.5 Å². The molecule has 3 rings (SSSR count). The highest BCUT2D eigenvalue weighted by molar-refractivity contribution is 7.99. The van der Waals surface area contributed by atoms with Crippen molar-refractivity contribution < 1.29 is 4.79 Å². The number of carbonyl (C=O) groups is 1. The lowest BCUT2D eigenvalue weighted by atomic mass is 9.88. The Balaban J connectivity index is 0.00000225. The van der Waals surface area contributed by atoms with Crippen LogP contribution in [0.3, 0.4) is 0 Å². The van der Waals surface area contributed by atoms with Gasteiger partial charge in [0.05, 0.1) is 0 Å². The topological polar surface area (TPSA) is 41.1 Å². The highest BCUT2D eigenvalue weighted by atomic mass is 35.5. The molecule has 25 heavy (non-hydrogen) atoms. The first-order chi connectivity index (χ1) is 11.6. The Morgan fingerprint density at radius 3 is 2.28 bits per heavy atom. The van der Waals surface area contributed by atoms with Gasteiger partial charge in [0, 0.05) is 21.8 Å². The van der Waals surface area contributed by atoms with Gasteiger partial charge < -0.3 is 10.6 Å². The van der Waals surface area contributed by atoms with Crippen molar-refractivity contribution in [2.45, 2.75) is 24.0 Å². The molecule has 2 atom stereocenters. The molecule has 1 heterocycles. The molecule has 2 aromatic carbocycles. The molecular weight excluding hydrogens is 352 g/mol. The molecule has 0 bridgehead atoms. The quantitative estimate of drug-likeness (QED) is 0.714. The Kier molecular flexibility index (Phi) is 7.36. The van der Waals surface area contributed by atoms with Crippen molar-refractivity contribution in [3.8, 4) is 0 Å². The van der Waals surface area contributed by atoms with Crippen molar-refractivity contribution in [1.82, 2.24) is 5.32 Å². The fraction of sp³-hybridized carbons (Fsp3) is 0.350. The van der Waals surface area contributed by atoms with Crippen LogP contribution in [0.4, 0.5) is 5.69 Å². The molecule has 0 spiro atoms. The molecule has 0 aromatic heterocycles. The fourth-order valence-electron chi connectivity index (χ4n) is 2.74. The Bertz CT molecular complexity index is 674. The van der Waals surface area contributed by atoms with Gasteiger partial charge in [0.25, 0.3) is 0 Å². The molecule has 2 unspecified atom stereocenters. The third-order valence-corrected chi connectivity index (χ3v) is 5.81. The van der Waals surface area contributed by atoms with E-state index in [1.54, 1.807) is 0 Å². The molecule has 1 fully saturated rings. The van der Waals surface area contributed by atoms with Gasteiger partial charge >= 0.3 is 0 Å². The lowest BCUT2D eigenvalue weighted by Gasteiger charge is -2.31. The molecule has 3 nitrogen and oxygen atoms in total. The van der Waals surface area contributed by atoms with E-state index >= 15 is 0 Å². The number of carbonyl (C=O) groups excluding carboxylic acids is 1. The number of rotatable bonds is 6. The normalized spacial score (nSPS) is 16.2. The van der Waals surface area contributed by atoms with E-state index in [2.05, 4.69) is 54.0 Å². The largest absolute Gasteiger partial charge is 0.326 e. The molecule has 134 valence electrons. The molecule has 1 amide bonds. The van der Waals surface area contributed by atoms with Crippen LogP contribution in [-0.2, 0) is 4.79 Å². The summed E-state index contributed by atoms with van der Waals surface area (Å²) in [5.74, 6) is 0.631. The summed E-state index contributed by atoms with van der Waals surface area (Å²) < 4.78 is 0. The number of benzene rings is 2. The number of thioether (sulfide) groups is 1. The molecule has 5 heteroatoms. The summed E-state index contributed by atoms with van der Waals surface area (Å²) in [5.41, 5.74) is 2.14. The number of halogens is 1. The lowest BCUT2D eigenvalue weighted by molar-refractivity contribution is -0.121. The average Bonchev–Trinajstić information content (AvgIpc) is 2.54. The second-order valence-corrected chi connectivity index (χ2v) is 7.81. The van der Waals surface area contributed by atoms with E-state index in [0.29, 0.717) is 11.2 Å². The van der Waals surface area contributed by atoms with Gasteiger partial charge in [-0.25, -0.2) is 0 Å². The Morgan fingerprint density at radius 2 is 1.72 bits per heavy atom. The maximum Gasteiger partial charge on any atom is 0.227 e. The van der Waals surface area contributed by atoms with Crippen LogP contribution in [0.25, 0.3) is 0 Å². The minimum atomic E-state index is 0. The molecule has 2 N–H and O–H groups in total. The van der Waals surface area contributed by atoms with Crippen molar-refractivity contribution >= 4 is 35.8 Å². The van der Waals surface area contributed by atoms with Gasteiger partial charge in [0.15, 0.2) is 0 Å². The summed E-state index contributed by atoms with van der Waals surface area (Å²) in [6.45, 7) is 6.11. The number of amides is 1. The summed E-state index contributed by atoms with van der Waals surface area (Å²) >= 11 is 1.84. The molecule has 0 radical (unpaired) electrons. The highest BCUT2D eigenvalue weighted by Crippen LogP contribution is 2.34. The third kappa shape index (κ3) is 5.24. The smallest absolute Gasteiger partial charge is 0.227 e. The fourth-order valence-corrected chi connectivity index (χ4v) is 3.76. The van der Waals surface area contributed by atoms with E-state index in [1.807, 2.05) is 36.9 Å². The SMILES string of the molecule is CC(Sc1ccccc1)c1ccc(NC(=O)C(C)C2CNC2)cc1.Cl. The van der Waals surface area contributed by atoms with E-state index in [1.165, 1.54) is 10.5 Å². The molecular formula is C20H25ClN2OS. The van der Waals surface area contributed by atoms with Gasteiger partial charge in [0.2, 0.25) is 5.91 Å². The minimum absolute atomic E-state index is 0. The first-order valence-corrected chi connectivity index (χ1v) is 9.34. The van der Waals surface area contributed by atoms with Crippen LogP contribution in [0.1, 0.15) is 24.7 Å². The van der Waals surface area contributed by atoms with Crippen molar-refractivity contribution in [2.75, 3.05) is 18.4 Å². The zero-order valence-electron chi connectivity index (χ0n) is 14.6. The van der Waals surface area contributed by atoms with E-state index in [4.69, 9.17) is 0 Å². The second kappa shape index (κ2) is 9.27. The van der Waals surface area contributed by atoms with E-state index < -0.39 is 0 Å². The highest BCUT2D eigenvalue weighted by Gasteiger charge is 2.28. The predicted molar refractivity (Wildman–Crippen MR) is 109 cm³/mol. The molecule has 0 aliphatic carbocycles. The van der Waals surface area contributed by atoms with Gasteiger partial charge in [-0.1, -0.05) is 37.3 Å². The van der Waals surface area contributed by atoms with Gasteiger partial charge in [-0.3, -0.25) is 4.79 Å². The maximum atomic E-state index is 12.3. The van der Waals surface area contributed by atoms with Crippen molar-refractivity contribution in [3.05, 3.63) is 60.2 Å². The second-order valence-electron chi connectivity index (χ2n) is 6.39. The Labute approximate surface area is 160 Å². The third-order valence-electron chi connectivity index (χ3n) is 4.64. The Morgan fingerprint density at radius 1 is 1.08 bits per heavy atom. The lowest BCUT2D eigenvalue weighted by Crippen LogP contribution is -2.48. The summed E-state index contributed by atoms with van der Waals surface area (Å²) in [7, 11) is 0. The molecule has 1 aliphatic rings. The Hall–Kier alpha value is -1.49. The number of nitrogens with one attached hydrogen (secondary N) is 2. The first kappa shape index (κ1) is 19.8. The molecule has 2 aromatic rings. The van der Waals surface area contributed by atoms with Crippen LogP contribution >= 0.6 is 24.2 Å². The van der Waals surface area contributed by atoms with Gasteiger partial charge in [-0.05, 0) is 55.8 Å². The summed E-state index contributed by atoms with van der Waals surface area (Å²) in [6.07, 6.45) is 0. The number of anilines is 1. The minimum Gasteiger partial charge on any atom is -0.326 e. The number of hydrogen-bond donors (Lipinski definition) is 2. The summed E-state index contributed by atoms with van der Waals surface area (Å²) in [6, 6.07) is 18.6. The van der Waals surface area contributed by atoms with Crippen LogP contribution in [0.5, 0.6) is 0 Å². The van der Waals surface area contributed by atoms with Crippen molar-refractivity contribution in [2.24, 2.45) is 11.8 Å². The monoisotopic (exact) mass is 376 g/mol. The maximum absolute atomic E-state index is 12.3. The van der Waals surface area contributed by atoms with Crippen LogP contribution in [0, 0.1) is 11.8 Å². The van der Waals surface area contributed by atoms with Crippen LogP contribution in [-0.4, -0.2) is 19.0 Å². The summed E-state index contributed by atoms with van der Waals surface area (Å²) in [4.78, 5) is 13.5. The van der Waals surface area contributed by atoms with E-state index in [-0.39, 0.29) is 24.2 Å². The molecule has 0 saturated carbocycles. The molecule has 1 aliphatic heterocycles. The zero-order valence-corrected chi connectivity index (χ0v) is 16.2. The van der Waals surface area contributed by atoms with Gasteiger partial charge in [-0.15, -0.1) is 24.2 Å². The van der Waals surface area contributed by atoms with Gasteiger partial charge in [-0.2, -0.15) is 0 Å². The van der Waals surface area contributed by atoms with Gasteiger partial charge in [0.1, 0.15) is 0 Å². The number of hydrogen-bond acceptors (Lipinski definition) is 3.